The van der Waals surface area contributed by atoms with Crippen molar-refractivity contribution in [1.29, 1.82) is 0 Å². The molecule has 1 saturated heterocycles. The Labute approximate surface area is 167 Å². The molecule has 1 fully saturated rings. The van der Waals surface area contributed by atoms with E-state index in [2.05, 4.69) is 5.32 Å². The van der Waals surface area contributed by atoms with E-state index < -0.39 is 11.9 Å². The summed E-state index contributed by atoms with van der Waals surface area (Å²) in [5.41, 5.74) is 1.85. The molecular formula is C20H22N2O5S. The van der Waals surface area contributed by atoms with Crippen LogP contribution in [0.25, 0.3) is 0 Å². The number of nitrogens with one attached hydrogen (secondary N) is 1. The molecular weight excluding hydrogens is 380 g/mol. The summed E-state index contributed by atoms with van der Waals surface area (Å²) in [6.07, 6.45) is 0.111. The number of hydrogen-bond donors (Lipinski definition) is 1. The van der Waals surface area contributed by atoms with Gasteiger partial charge in [-0.3, -0.25) is 9.59 Å². The molecule has 8 heteroatoms. The van der Waals surface area contributed by atoms with Crippen molar-refractivity contribution in [3.8, 4) is 5.75 Å². The smallest absolute Gasteiger partial charge is 0.341 e. The molecule has 2 aromatic rings. The van der Waals surface area contributed by atoms with E-state index in [9.17, 15) is 14.4 Å². The van der Waals surface area contributed by atoms with Crippen LogP contribution < -0.4 is 15.0 Å². The molecule has 2 heterocycles. The van der Waals surface area contributed by atoms with E-state index in [4.69, 9.17) is 9.47 Å². The molecule has 1 atom stereocenters. The van der Waals surface area contributed by atoms with Crippen LogP contribution in [0.2, 0.25) is 0 Å². The van der Waals surface area contributed by atoms with Gasteiger partial charge in [0.05, 0.1) is 25.7 Å². The number of rotatable bonds is 5. The van der Waals surface area contributed by atoms with Crippen molar-refractivity contribution >= 4 is 39.8 Å². The molecule has 0 radical (unpaired) electrons. The van der Waals surface area contributed by atoms with Gasteiger partial charge in [-0.2, -0.15) is 0 Å². The molecule has 1 aliphatic heterocycles. The fraction of sp³-hybridized carbons (Fsp3) is 0.350. The highest BCUT2D eigenvalue weighted by molar-refractivity contribution is 7.16. The summed E-state index contributed by atoms with van der Waals surface area (Å²) < 4.78 is 10.0. The molecule has 3 rings (SSSR count). The average molecular weight is 402 g/mol. The molecule has 0 saturated carbocycles. The van der Waals surface area contributed by atoms with E-state index in [1.807, 2.05) is 19.9 Å². The number of benzene rings is 1. The number of carbonyl (C=O) groups is 3. The Morgan fingerprint density at radius 3 is 2.68 bits per heavy atom. The van der Waals surface area contributed by atoms with E-state index in [1.165, 1.54) is 18.4 Å². The Kier molecular flexibility index (Phi) is 5.69. The quantitative estimate of drug-likeness (QED) is 0.777. The Hall–Kier alpha value is -2.87. The van der Waals surface area contributed by atoms with Crippen LogP contribution in [0.5, 0.6) is 5.75 Å². The van der Waals surface area contributed by atoms with Crippen LogP contribution in [0.15, 0.2) is 24.3 Å². The number of nitrogens with zero attached hydrogens (tertiary/aromatic N) is 1. The van der Waals surface area contributed by atoms with Crippen LogP contribution in [-0.4, -0.2) is 38.5 Å². The number of methoxy groups -OCH3 is 2. The maximum atomic E-state index is 12.8. The minimum absolute atomic E-state index is 0.111. The number of thiophene rings is 1. The highest BCUT2D eigenvalue weighted by atomic mass is 32.1. The summed E-state index contributed by atoms with van der Waals surface area (Å²) >= 11 is 1.33. The summed E-state index contributed by atoms with van der Waals surface area (Å²) in [5.74, 6) is -0.764. The number of amides is 2. The molecule has 1 aliphatic rings. The van der Waals surface area contributed by atoms with Gasteiger partial charge in [0, 0.05) is 29.6 Å². The van der Waals surface area contributed by atoms with E-state index in [1.54, 1.807) is 30.2 Å². The lowest BCUT2D eigenvalue weighted by molar-refractivity contribution is -0.122. The highest BCUT2D eigenvalue weighted by Gasteiger charge is 2.36. The summed E-state index contributed by atoms with van der Waals surface area (Å²) in [4.78, 5) is 39.8. The van der Waals surface area contributed by atoms with Crippen molar-refractivity contribution in [3.63, 3.8) is 0 Å². The van der Waals surface area contributed by atoms with Gasteiger partial charge in [-0.15, -0.1) is 11.3 Å². The van der Waals surface area contributed by atoms with E-state index >= 15 is 0 Å². The third-order valence-corrected chi connectivity index (χ3v) is 6.00. The van der Waals surface area contributed by atoms with Gasteiger partial charge < -0.3 is 19.7 Å². The van der Waals surface area contributed by atoms with Crippen molar-refractivity contribution in [2.45, 2.75) is 20.3 Å². The summed E-state index contributed by atoms with van der Waals surface area (Å²) in [6.45, 7) is 3.97. The molecule has 7 nitrogen and oxygen atoms in total. The summed E-state index contributed by atoms with van der Waals surface area (Å²) in [7, 11) is 2.87. The first-order valence-corrected chi connectivity index (χ1v) is 9.61. The van der Waals surface area contributed by atoms with Crippen LogP contribution in [0.1, 0.15) is 27.2 Å². The topological polar surface area (TPSA) is 84.9 Å². The average Bonchev–Trinajstić information content (AvgIpc) is 3.21. The minimum atomic E-state index is -0.507. The van der Waals surface area contributed by atoms with Crippen LogP contribution in [0, 0.1) is 19.8 Å². The maximum absolute atomic E-state index is 12.8. The number of carbonyl (C=O) groups excluding carboxylic acids is 3. The zero-order valence-corrected chi connectivity index (χ0v) is 17.0. The predicted molar refractivity (Wildman–Crippen MR) is 107 cm³/mol. The van der Waals surface area contributed by atoms with Crippen LogP contribution in [0.3, 0.4) is 0 Å². The lowest BCUT2D eigenvalue weighted by Gasteiger charge is -2.17. The zero-order valence-electron chi connectivity index (χ0n) is 16.2. The van der Waals surface area contributed by atoms with E-state index in [0.717, 1.165) is 10.4 Å². The van der Waals surface area contributed by atoms with E-state index in [0.29, 0.717) is 22.0 Å². The van der Waals surface area contributed by atoms with Crippen molar-refractivity contribution in [1.82, 2.24) is 0 Å². The third-order valence-electron chi connectivity index (χ3n) is 4.87. The van der Waals surface area contributed by atoms with Crippen LogP contribution in [0.4, 0.5) is 10.7 Å². The van der Waals surface area contributed by atoms with Crippen LogP contribution in [-0.2, 0) is 14.3 Å². The molecule has 28 heavy (non-hydrogen) atoms. The second-order valence-electron chi connectivity index (χ2n) is 6.58. The fourth-order valence-corrected chi connectivity index (χ4v) is 4.24. The molecule has 148 valence electrons. The normalized spacial score (nSPS) is 16.2. The number of esters is 1. The Balaban J connectivity index is 1.77. The van der Waals surface area contributed by atoms with Crippen LogP contribution >= 0.6 is 11.3 Å². The van der Waals surface area contributed by atoms with Gasteiger partial charge in [0.2, 0.25) is 11.8 Å². The minimum Gasteiger partial charge on any atom is -0.497 e. The Morgan fingerprint density at radius 2 is 2.00 bits per heavy atom. The first kappa shape index (κ1) is 19.9. The van der Waals surface area contributed by atoms with Gasteiger partial charge in [-0.05, 0) is 31.5 Å². The molecule has 1 aromatic heterocycles. The largest absolute Gasteiger partial charge is 0.497 e. The van der Waals surface area contributed by atoms with Gasteiger partial charge in [0.1, 0.15) is 10.8 Å². The molecule has 2 amide bonds. The fourth-order valence-electron chi connectivity index (χ4n) is 3.19. The second kappa shape index (κ2) is 8.02. The third kappa shape index (κ3) is 3.73. The standard InChI is InChI=1S/C20H22N2O5S/c1-11-12(2)28-19(17(11)20(25)27-4)21-18(24)13-8-16(23)22(10-13)14-6-5-7-15(9-14)26-3/h5-7,9,13H,8,10H2,1-4H3,(H,21,24)/t13-/m1/s1. The lowest BCUT2D eigenvalue weighted by atomic mass is 10.1. The van der Waals surface area contributed by atoms with Crippen molar-refractivity contribution < 1.29 is 23.9 Å². The zero-order chi connectivity index (χ0) is 20.4. The Bertz CT molecular complexity index is 937. The lowest BCUT2D eigenvalue weighted by Crippen LogP contribution is -2.28. The van der Waals surface area contributed by atoms with Gasteiger partial charge in [-0.25, -0.2) is 4.79 Å². The summed E-state index contributed by atoms with van der Waals surface area (Å²) in [5, 5.41) is 3.28. The van der Waals surface area contributed by atoms with Crippen molar-refractivity contribution in [2.75, 3.05) is 31.0 Å². The molecule has 1 aromatic carbocycles. The van der Waals surface area contributed by atoms with E-state index in [-0.39, 0.29) is 24.8 Å². The number of ether oxygens (including phenoxy) is 2. The predicted octanol–water partition coefficient (Wildman–Crippen LogP) is 3.15. The maximum Gasteiger partial charge on any atom is 0.341 e. The molecule has 1 N–H and O–H groups in total. The molecule has 0 spiro atoms. The first-order chi connectivity index (χ1) is 13.3. The second-order valence-corrected chi connectivity index (χ2v) is 7.80. The monoisotopic (exact) mass is 402 g/mol. The van der Waals surface area contributed by atoms with Gasteiger partial charge in [0.15, 0.2) is 0 Å². The molecule has 0 bridgehead atoms. The number of aryl methyl sites for hydroxylation is 1. The van der Waals surface area contributed by atoms with Crippen molar-refractivity contribution in [3.05, 3.63) is 40.3 Å². The van der Waals surface area contributed by atoms with Gasteiger partial charge >= 0.3 is 5.97 Å². The number of hydrogen-bond acceptors (Lipinski definition) is 6. The highest BCUT2D eigenvalue weighted by Crippen LogP contribution is 2.34. The molecule has 0 aliphatic carbocycles. The van der Waals surface area contributed by atoms with Gasteiger partial charge in [-0.1, -0.05) is 6.07 Å². The number of anilines is 2. The SMILES string of the molecule is COC(=O)c1c(NC(=O)[C@@H]2CC(=O)N(c3cccc(OC)c3)C2)sc(C)c1C. The first-order valence-electron chi connectivity index (χ1n) is 8.79. The molecule has 0 unspecified atom stereocenters. The summed E-state index contributed by atoms with van der Waals surface area (Å²) in [6, 6.07) is 7.17. The Morgan fingerprint density at radius 1 is 1.25 bits per heavy atom. The van der Waals surface area contributed by atoms with Gasteiger partial charge in [0.25, 0.3) is 0 Å². The van der Waals surface area contributed by atoms with Crippen molar-refractivity contribution in [2.24, 2.45) is 5.92 Å².